The Bertz CT molecular complexity index is 847. The number of carbonyl (C=O) groups is 2. The Balaban J connectivity index is 0.000000412. The Morgan fingerprint density at radius 2 is 1.70 bits per heavy atom. The van der Waals surface area contributed by atoms with Crippen LogP contribution in [0.2, 0.25) is 0 Å². The van der Waals surface area contributed by atoms with Crippen molar-refractivity contribution in [3.63, 3.8) is 0 Å². The summed E-state index contributed by atoms with van der Waals surface area (Å²) >= 11 is 0. The second kappa shape index (κ2) is 15.0. The molecule has 1 heterocycles. The number of hydrogen-bond acceptors (Lipinski definition) is 4. The van der Waals surface area contributed by atoms with E-state index in [1.807, 2.05) is 56.0 Å². The first kappa shape index (κ1) is 28.1. The minimum atomic E-state index is 0.108. The van der Waals surface area contributed by atoms with Crippen LogP contribution in [0.3, 0.4) is 0 Å². The topological polar surface area (TPSA) is 49.9 Å². The maximum Gasteiger partial charge on any atom is 0.219 e. The molecule has 2 aliphatic rings. The molecule has 1 aliphatic carbocycles. The minimum Gasteiger partial charge on any atom is -0.494 e. The smallest absolute Gasteiger partial charge is 0.219 e. The summed E-state index contributed by atoms with van der Waals surface area (Å²) in [5, 5.41) is 0. The van der Waals surface area contributed by atoms with E-state index >= 15 is 0 Å². The quantitative estimate of drug-likeness (QED) is 0.594. The minimum absolute atomic E-state index is 0.108. The molecule has 0 bridgehead atoms. The van der Waals surface area contributed by atoms with Crippen molar-refractivity contribution in [3.05, 3.63) is 78.4 Å². The molecule has 1 saturated heterocycles. The van der Waals surface area contributed by atoms with E-state index in [9.17, 15) is 9.59 Å². The third-order valence-electron chi connectivity index (χ3n) is 5.64. The average molecular weight is 453 g/mol. The highest BCUT2D eigenvalue weighted by Crippen LogP contribution is 2.27. The summed E-state index contributed by atoms with van der Waals surface area (Å²) in [4.78, 5) is 27.8. The molecule has 180 valence electrons. The zero-order chi connectivity index (χ0) is 24.8. The highest BCUT2D eigenvalue weighted by molar-refractivity contribution is 6.02. The zero-order valence-electron chi connectivity index (χ0n) is 21.0. The number of carbonyl (C=O) groups excluding carboxylic acids is 2. The summed E-state index contributed by atoms with van der Waals surface area (Å²) < 4.78 is 5.21. The molecule has 0 radical (unpaired) electrons. The number of piperazine rings is 1. The number of rotatable bonds is 6. The summed E-state index contributed by atoms with van der Waals surface area (Å²) in [5.74, 6) is 1.18. The number of nitrogens with zero attached hydrogens (tertiary/aromatic N) is 2. The van der Waals surface area contributed by atoms with Gasteiger partial charge in [0.25, 0.3) is 0 Å². The first-order valence-electron chi connectivity index (χ1n) is 11.8. The molecule has 1 aromatic carbocycles. The van der Waals surface area contributed by atoms with Crippen molar-refractivity contribution >= 4 is 11.7 Å². The molecule has 1 amide bonds. The molecule has 1 aromatic rings. The molecule has 1 fully saturated rings. The van der Waals surface area contributed by atoms with E-state index in [0.717, 1.165) is 49.7 Å². The van der Waals surface area contributed by atoms with Gasteiger partial charge in [-0.3, -0.25) is 14.5 Å². The predicted molar refractivity (Wildman–Crippen MR) is 137 cm³/mol. The predicted octanol–water partition coefficient (Wildman–Crippen LogP) is 5.22. The monoisotopic (exact) mass is 452 g/mol. The Morgan fingerprint density at radius 1 is 1.09 bits per heavy atom. The molecule has 1 unspecified atom stereocenters. The van der Waals surface area contributed by atoms with Crippen molar-refractivity contribution < 1.29 is 14.3 Å². The number of Topliss-reactive ketones (excluding diaryl/α,β-unsaturated/α-hetero) is 1. The number of allylic oxidation sites excluding steroid dienone is 5. The number of amides is 1. The van der Waals surface area contributed by atoms with Gasteiger partial charge in [0.2, 0.25) is 5.91 Å². The zero-order valence-corrected chi connectivity index (χ0v) is 21.0. The van der Waals surface area contributed by atoms with Crippen LogP contribution in [-0.4, -0.2) is 60.3 Å². The van der Waals surface area contributed by atoms with Gasteiger partial charge in [0.1, 0.15) is 5.75 Å². The second-order valence-electron chi connectivity index (χ2n) is 7.56. The van der Waals surface area contributed by atoms with Gasteiger partial charge in [-0.25, -0.2) is 0 Å². The first-order chi connectivity index (χ1) is 15.9. The maximum absolute atomic E-state index is 12.2. The van der Waals surface area contributed by atoms with Crippen LogP contribution in [0.15, 0.2) is 78.4 Å². The first-order valence-corrected chi connectivity index (χ1v) is 11.8. The van der Waals surface area contributed by atoms with E-state index in [0.29, 0.717) is 12.0 Å². The fourth-order valence-corrected chi connectivity index (χ4v) is 3.78. The summed E-state index contributed by atoms with van der Waals surface area (Å²) in [6.45, 7) is 21.2. The van der Waals surface area contributed by atoms with Crippen LogP contribution in [0.25, 0.3) is 0 Å². The Hall–Kier alpha value is -2.92. The molecule has 3 rings (SSSR count). The highest BCUT2D eigenvalue weighted by Gasteiger charge is 2.27. The van der Waals surface area contributed by atoms with Crippen molar-refractivity contribution in [1.82, 2.24) is 9.80 Å². The Kier molecular flexibility index (Phi) is 12.8. The Labute approximate surface area is 200 Å². The third-order valence-corrected chi connectivity index (χ3v) is 5.64. The van der Waals surface area contributed by atoms with Crippen molar-refractivity contribution in [2.45, 2.75) is 47.1 Å². The molecule has 1 aliphatic heterocycles. The van der Waals surface area contributed by atoms with Crippen molar-refractivity contribution in [3.8, 4) is 5.75 Å². The number of ether oxygens (including phenoxy) is 1. The van der Waals surface area contributed by atoms with Gasteiger partial charge in [-0.1, -0.05) is 63.4 Å². The lowest BCUT2D eigenvalue weighted by Gasteiger charge is -2.39. The molecule has 33 heavy (non-hydrogen) atoms. The fraction of sp³-hybridized carbons (Fsp3) is 0.429. The number of para-hydroxylation sites is 1. The van der Waals surface area contributed by atoms with Gasteiger partial charge in [0.15, 0.2) is 5.78 Å². The summed E-state index contributed by atoms with van der Waals surface area (Å²) in [5.41, 5.74) is 2.63. The lowest BCUT2D eigenvalue weighted by atomic mass is 9.87. The fourth-order valence-electron chi connectivity index (χ4n) is 3.78. The largest absolute Gasteiger partial charge is 0.494 e. The SMILES string of the molecule is C=CC1=C(C=C)C(=O)CC(C(C)N2CCN(C(C)=O)CC2)=C1.CC.CCOc1ccccc1. The summed E-state index contributed by atoms with van der Waals surface area (Å²) in [7, 11) is 0. The van der Waals surface area contributed by atoms with E-state index < -0.39 is 0 Å². The van der Waals surface area contributed by atoms with Crippen LogP contribution in [0.1, 0.15) is 41.0 Å². The van der Waals surface area contributed by atoms with Crippen molar-refractivity contribution in [2.24, 2.45) is 0 Å². The summed E-state index contributed by atoms with van der Waals surface area (Å²) in [6, 6.07) is 9.99. The second-order valence-corrected chi connectivity index (χ2v) is 7.56. The molecule has 0 saturated carbocycles. The maximum atomic E-state index is 12.2. The van der Waals surface area contributed by atoms with Gasteiger partial charge < -0.3 is 9.64 Å². The number of benzene rings is 1. The van der Waals surface area contributed by atoms with Crippen molar-refractivity contribution in [1.29, 1.82) is 0 Å². The normalized spacial score (nSPS) is 16.9. The molecule has 0 N–H and O–H groups in total. The molecule has 1 atom stereocenters. The van der Waals surface area contributed by atoms with Crippen LogP contribution in [0.5, 0.6) is 5.75 Å². The van der Waals surface area contributed by atoms with Crippen LogP contribution in [0, 0.1) is 0 Å². The molecule has 5 nitrogen and oxygen atoms in total. The Morgan fingerprint density at radius 3 is 2.18 bits per heavy atom. The van der Waals surface area contributed by atoms with E-state index in [1.54, 1.807) is 19.1 Å². The van der Waals surface area contributed by atoms with Gasteiger partial charge in [-0.15, -0.1) is 0 Å². The molecule has 0 spiro atoms. The van der Waals surface area contributed by atoms with Crippen LogP contribution in [0.4, 0.5) is 0 Å². The number of ketones is 1. The van der Waals surface area contributed by atoms with Crippen molar-refractivity contribution in [2.75, 3.05) is 32.8 Å². The lowest BCUT2D eigenvalue weighted by Crippen LogP contribution is -2.51. The van der Waals surface area contributed by atoms with Crippen LogP contribution >= 0.6 is 0 Å². The third kappa shape index (κ3) is 8.50. The molecular weight excluding hydrogens is 412 g/mol. The van der Waals surface area contributed by atoms with Gasteiger partial charge >= 0.3 is 0 Å². The van der Waals surface area contributed by atoms with Gasteiger partial charge in [0.05, 0.1) is 6.61 Å². The molecule has 0 aromatic heterocycles. The summed E-state index contributed by atoms with van der Waals surface area (Å²) in [6.07, 6.45) is 5.83. The number of hydrogen-bond donors (Lipinski definition) is 0. The standard InChI is InChI=1S/C18H24N2O2.C8H10O.C2H6/c1-5-15-11-16(12-18(22)17(15)6-2)13(3)19-7-9-20(10-8-19)14(4)21;1-2-9-8-6-4-3-5-7-8;1-2/h5-6,11,13H,1-2,7-10,12H2,3-4H3;3-7H,2H2,1H3;1-2H3. The van der Waals surface area contributed by atoms with Gasteiger partial charge in [0, 0.05) is 51.1 Å². The van der Waals surface area contributed by atoms with Crippen LogP contribution in [-0.2, 0) is 9.59 Å². The van der Waals surface area contributed by atoms with E-state index in [4.69, 9.17) is 4.74 Å². The lowest BCUT2D eigenvalue weighted by molar-refractivity contribution is -0.130. The van der Waals surface area contributed by atoms with Crippen LogP contribution < -0.4 is 4.74 Å². The van der Waals surface area contributed by atoms with E-state index in [1.165, 1.54) is 0 Å². The average Bonchev–Trinajstić information content (AvgIpc) is 2.85. The van der Waals surface area contributed by atoms with Gasteiger partial charge in [-0.2, -0.15) is 0 Å². The van der Waals surface area contributed by atoms with E-state index in [2.05, 4.69) is 31.1 Å². The van der Waals surface area contributed by atoms with E-state index in [-0.39, 0.29) is 17.7 Å². The highest BCUT2D eigenvalue weighted by atomic mass is 16.5. The molecule has 5 heteroatoms. The van der Waals surface area contributed by atoms with Gasteiger partial charge in [-0.05, 0) is 37.1 Å². The molecular formula is C28H40N2O3.